The van der Waals surface area contributed by atoms with Gasteiger partial charge in [-0.15, -0.1) is 0 Å². The highest BCUT2D eigenvalue weighted by atomic mass is 32.2. The molecule has 0 fully saturated rings. The van der Waals surface area contributed by atoms with Gasteiger partial charge in [0.15, 0.2) is 0 Å². The molecule has 0 unspecified atom stereocenters. The van der Waals surface area contributed by atoms with Crippen molar-refractivity contribution in [3.8, 4) is 0 Å². The topological polar surface area (TPSA) is 81.4 Å². The summed E-state index contributed by atoms with van der Waals surface area (Å²) in [6.07, 6.45) is 0.630. The number of sulfonamides is 1. The fourth-order valence-electron chi connectivity index (χ4n) is 1.63. The van der Waals surface area contributed by atoms with E-state index in [0.717, 1.165) is 5.56 Å². The van der Waals surface area contributed by atoms with E-state index in [4.69, 9.17) is 10.6 Å². The maximum atomic E-state index is 11.9. The fourth-order valence-corrected chi connectivity index (χ4v) is 2.46. The van der Waals surface area contributed by atoms with Crippen LogP contribution in [0.25, 0.3) is 0 Å². The van der Waals surface area contributed by atoms with Crippen molar-refractivity contribution in [2.45, 2.75) is 11.3 Å². The van der Waals surface area contributed by atoms with E-state index in [2.05, 4.69) is 4.89 Å². The van der Waals surface area contributed by atoms with E-state index in [1.54, 1.807) is 0 Å². The Labute approximate surface area is 118 Å². The fraction of sp³-hybridized carbons (Fsp3) is 0.143. The number of nitrogen functional groups attached to an aromatic ring is 1. The van der Waals surface area contributed by atoms with Crippen LogP contribution in [-0.2, 0) is 21.3 Å². The third kappa shape index (κ3) is 4.06. The lowest BCUT2D eigenvalue weighted by atomic mass is 10.2. The van der Waals surface area contributed by atoms with E-state index in [0.29, 0.717) is 12.1 Å². The molecule has 2 aromatic carbocycles. The summed E-state index contributed by atoms with van der Waals surface area (Å²) in [6.45, 7) is 0.262. The summed E-state index contributed by atoms with van der Waals surface area (Å²) in [5, 5.41) is 0. The molecule has 0 aromatic heterocycles. The number of benzene rings is 2. The molecule has 0 atom stereocenters. The van der Waals surface area contributed by atoms with E-state index in [9.17, 15) is 8.42 Å². The highest BCUT2D eigenvalue weighted by molar-refractivity contribution is 7.89. The Kier molecular flexibility index (Phi) is 4.73. The summed E-state index contributed by atoms with van der Waals surface area (Å²) < 4.78 is 23.8. The third-order valence-corrected chi connectivity index (χ3v) is 3.92. The van der Waals surface area contributed by atoms with E-state index in [1.165, 1.54) is 24.3 Å². The summed E-state index contributed by atoms with van der Waals surface area (Å²) in [7, 11) is -3.66. The van der Waals surface area contributed by atoms with E-state index < -0.39 is 10.0 Å². The van der Waals surface area contributed by atoms with Crippen molar-refractivity contribution < 1.29 is 13.3 Å². The molecule has 0 radical (unpaired) electrons. The maximum absolute atomic E-state index is 11.9. The molecule has 2 rings (SSSR count). The highest BCUT2D eigenvalue weighted by Crippen LogP contribution is 2.11. The van der Waals surface area contributed by atoms with Gasteiger partial charge in [-0.3, -0.25) is 4.84 Å². The first-order chi connectivity index (χ1) is 9.58. The second kappa shape index (κ2) is 6.51. The average Bonchev–Trinajstić information content (AvgIpc) is 2.45. The van der Waals surface area contributed by atoms with Crippen molar-refractivity contribution in [1.29, 1.82) is 0 Å². The standard InChI is InChI=1S/C14H16N2O3S/c15-13-6-8-14(9-7-13)20(17,18)16-19-11-10-12-4-2-1-3-5-12/h1-9,16H,10-11,15H2. The monoisotopic (exact) mass is 292 g/mol. The molecular formula is C14H16N2O3S. The van der Waals surface area contributed by atoms with Crippen LogP contribution in [0.4, 0.5) is 5.69 Å². The lowest BCUT2D eigenvalue weighted by Gasteiger charge is -2.07. The van der Waals surface area contributed by atoms with Crippen LogP contribution in [-0.4, -0.2) is 15.0 Å². The van der Waals surface area contributed by atoms with Gasteiger partial charge < -0.3 is 5.73 Å². The summed E-state index contributed by atoms with van der Waals surface area (Å²) in [4.78, 5) is 7.23. The van der Waals surface area contributed by atoms with E-state index in [1.807, 2.05) is 30.3 Å². The molecule has 0 amide bonds. The molecule has 0 aliphatic rings. The van der Waals surface area contributed by atoms with Crippen molar-refractivity contribution in [1.82, 2.24) is 4.89 Å². The van der Waals surface area contributed by atoms with Crippen molar-refractivity contribution in [3.05, 3.63) is 60.2 Å². The first-order valence-electron chi connectivity index (χ1n) is 6.11. The molecule has 0 bridgehead atoms. The molecule has 106 valence electrons. The van der Waals surface area contributed by atoms with Crippen molar-refractivity contribution >= 4 is 15.7 Å². The second-order valence-corrected chi connectivity index (χ2v) is 5.88. The highest BCUT2D eigenvalue weighted by Gasteiger charge is 2.13. The molecule has 5 nitrogen and oxygen atoms in total. The molecule has 0 spiro atoms. The SMILES string of the molecule is Nc1ccc(S(=O)(=O)NOCCc2ccccc2)cc1. The van der Waals surface area contributed by atoms with E-state index >= 15 is 0 Å². The molecule has 0 heterocycles. The van der Waals surface area contributed by atoms with Gasteiger partial charge in [0.1, 0.15) is 0 Å². The Balaban J connectivity index is 1.85. The zero-order valence-corrected chi connectivity index (χ0v) is 11.6. The summed E-state index contributed by atoms with van der Waals surface area (Å²) >= 11 is 0. The van der Waals surface area contributed by atoms with Gasteiger partial charge in [0.2, 0.25) is 0 Å². The molecule has 0 aliphatic carbocycles. The predicted octanol–water partition coefficient (Wildman–Crippen LogP) is 1.72. The number of anilines is 1. The van der Waals surface area contributed by atoms with Crippen LogP contribution in [0.15, 0.2) is 59.5 Å². The van der Waals surface area contributed by atoms with Gasteiger partial charge in [0, 0.05) is 5.69 Å². The minimum Gasteiger partial charge on any atom is -0.399 e. The van der Waals surface area contributed by atoms with Gasteiger partial charge in [0.05, 0.1) is 11.5 Å². The molecule has 3 N–H and O–H groups in total. The Morgan fingerprint density at radius 1 is 1.00 bits per heavy atom. The molecule has 0 saturated heterocycles. The van der Waals surface area contributed by atoms with Crippen molar-refractivity contribution in [2.75, 3.05) is 12.3 Å². The Morgan fingerprint density at radius 2 is 1.65 bits per heavy atom. The summed E-state index contributed by atoms with van der Waals surface area (Å²) in [5.74, 6) is 0. The van der Waals surface area contributed by atoms with Gasteiger partial charge in [-0.05, 0) is 36.2 Å². The van der Waals surface area contributed by atoms with Crippen LogP contribution in [0, 0.1) is 0 Å². The largest absolute Gasteiger partial charge is 0.399 e. The second-order valence-electron chi connectivity index (χ2n) is 4.24. The zero-order valence-electron chi connectivity index (χ0n) is 10.8. The zero-order chi connectivity index (χ0) is 14.4. The predicted molar refractivity (Wildman–Crippen MR) is 77.3 cm³/mol. The van der Waals surface area contributed by atoms with Gasteiger partial charge in [-0.1, -0.05) is 35.2 Å². The number of hydrogen-bond acceptors (Lipinski definition) is 4. The van der Waals surface area contributed by atoms with Crippen LogP contribution in [0.5, 0.6) is 0 Å². The summed E-state index contributed by atoms with van der Waals surface area (Å²) in [5.41, 5.74) is 7.10. The quantitative estimate of drug-likeness (QED) is 0.482. The minimum absolute atomic E-state index is 0.117. The number of nitrogens with two attached hydrogens (primary N) is 1. The number of hydrogen-bond donors (Lipinski definition) is 2. The van der Waals surface area contributed by atoms with Crippen molar-refractivity contribution in [3.63, 3.8) is 0 Å². The normalized spacial score (nSPS) is 11.4. The van der Waals surface area contributed by atoms with Crippen molar-refractivity contribution in [2.24, 2.45) is 0 Å². The summed E-state index contributed by atoms with van der Waals surface area (Å²) in [6, 6.07) is 15.6. The number of rotatable bonds is 6. The Hall–Kier alpha value is -1.89. The Bertz CT molecular complexity index is 640. The molecule has 0 saturated carbocycles. The van der Waals surface area contributed by atoms with E-state index in [-0.39, 0.29) is 11.5 Å². The first kappa shape index (κ1) is 14.5. The van der Waals surface area contributed by atoms with Gasteiger partial charge in [-0.2, -0.15) is 0 Å². The van der Waals surface area contributed by atoms with Crippen LogP contribution in [0.1, 0.15) is 5.56 Å². The van der Waals surface area contributed by atoms with Gasteiger partial charge in [0.25, 0.3) is 10.0 Å². The lowest BCUT2D eigenvalue weighted by Crippen LogP contribution is -2.25. The smallest absolute Gasteiger partial charge is 0.262 e. The maximum Gasteiger partial charge on any atom is 0.262 e. The number of nitrogens with one attached hydrogen (secondary N) is 1. The average molecular weight is 292 g/mol. The molecule has 20 heavy (non-hydrogen) atoms. The molecule has 6 heteroatoms. The molecular weight excluding hydrogens is 276 g/mol. The molecule has 2 aromatic rings. The van der Waals surface area contributed by atoms with Gasteiger partial charge in [-0.25, -0.2) is 8.42 Å². The first-order valence-corrected chi connectivity index (χ1v) is 7.59. The van der Waals surface area contributed by atoms with Crippen LogP contribution in [0.2, 0.25) is 0 Å². The third-order valence-electron chi connectivity index (χ3n) is 2.69. The van der Waals surface area contributed by atoms with Crippen LogP contribution < -0.4 is 10.6 Å². The Morgan fingerprint density at radius 3 is 2.30 bits per heavy atom. The van der Waals surface area contributed by atoms with Crippen LogP contribution in [0.3, 0.4) is 0 Å². The molecule has 0 aliphatic heterocycles. The van der Waals surface area contributed by atoms with Crippen LogP contribution >= 0.6 is 0 Å². The van der Waals surface area contributed by atoms with Gasteiger partial charge >= 0.3 is 0 Å². The minimum atomic E-state index is -3.66. The lowest BCUT2D eigenvalue weighted by molar-refractivity contribution is 0.0959.